The van der Waals surface area contributed by atoms with E-state index in [9.17, 15) is 9.59 Å². The van der Waals surface area contributed by atoms with Crippen LogP contribution in [-0.4, -0.2) is 54.4 Å². The van der Waals surface area contributed by atoms with Crippen LogP contribution in [0.2, 0.25) is 0 Å². The fourth-order valence-electron chi connectivity index (χ4n) is 4.68. The number of para-hydroxylation sites is 1. The Morgan fingerprint density at radius 1 is 1.24 bits per heavy atom. The molecule has 0 spiro atoms. The second-order valence-electron chi connectivity index (χ2n) is 8.62. The number of nitrogens with two attached hydrogens (primary N) is 1. The van der Waals surface area contributed by atoms with Crippen LogP contribution in [-0.2, 0) is 9.59 Å². The van der Waals surface area contributed by atoms with E-state index in [4.69, 9.17) is 10.8 Å². The van der Waals surface area contributed by atoms with Crippen LogP contribution in [0.5, 0.6) is 0 Å². The van der Waals surface area contributed by atoms with Crippen molar-refractivity contribution in [3.05, 3.63) is 48.8 Å². The number of amides is 1. The van der Waals surface area contributed by atoms with Crippen LogP contribution in [0.4, 0.5) is 5.82 Å². The number of carbonyl (C=O) groups excluding carboxylic acids is 2. The summed E-state index contributed by atoms with van der Waals surface area (Å²) in [5.74, 6) is 0.331. The molecule has 1 fully saturated rings. The zero-order valence-electron chi connectivity index (χ0n) is 19.1. The Balaban J connectivity index is 1.46. The first-order valence-corrected chi connectivity index (χ1v) is 11.5. The first kappa shape index (κ1) is 21.8. The van der Waals surface area contributed by atoms with Crippen LogP contribution in [0, 0.1) is 0 Å². The molecule has 4 heterocycles. The van der Waals surface area contributed by atoms with Crippen LogP contribution in [0.25, 0.3) is 33.3 Å². The van der Waals surface area contributed by atoms with Crippen molar-refractivity contribution in [2.24, 2.45) is 0 Å². The Kier molecular flexibility index (Phi) is 5.83. The smallest absolute Gasteiger partial charge is 0.223 e. The average Bonchev–Trinajstić information content (AvgIpc) is 3.45. The number of benzene rings is 1. The van der Waals surface area contributed by atoms with Crippen molar-refractivity contribution in [2.75, 3.05) is 18.8 Å². The minimum Gasteiger partial charge on any atom is -0.383 e. The molecule has 9 nitrogen and oxygen atoms in total. The number of hydrogen-bond donors (Lipinski definition) is 2. The number of hydrogen-bond acceptors (Lipinski definition) is 6. The van der Waals surface area contributed by atoms with Crippen molar-refractivity contribution >= 4 is 39.4 Å². The Morgan fingerprint density at radius 2 is 2.09 bits per heavy atom. The molecule has 1 aliphatic heterocycles. The number of fused-ring (bicyclic) bond motifs is 2. The van der Waals surface area contributed by atoms with Gasteiger partial charge in [-0.15, -0.1) is 0 Å². The van der Waals surface area contributed by atoms with Gasteiger partial charge in [-0.1, -0.05) is 24.3 Å². The third kappa shape index (κ3) is 4.05. The van der Waals surface area contributed by atoms with E-state index in [1.54, 1.807) is 13.0 Å². The molecule has 34 heavy (non-hydrogen) atoms. The van der Waals surface area contributed by atoms with Crippen molar-refractivity contribution in [2.45, 2.75) is 38.6 Å². The van der Waals surface area contributed by atoms with E-state index in [2.05, 4.69) is 15.0 Å². The van der Waals surface area contributed by atoms with E-state index < -0.39 is 0 Å². The van der Waals surface area contributed by atoms with Gasteiger partial charge in [-0.3, -0.25) is 9.59 Å². The lowest BCUT2D eigenvalue weighted by Crippen LogP contribution is -2.41. The second kappa shape index (κ2) is 9.09. The van der Waals surface area contributed by atoms with Crippen molar-refractivity contribution in [1.29, 1.82) is 0 Å². The fraction of sp³-hybridized carbons (Fsp3) is 0.320. The molecule has 3 N–H and O–H groups in total. The highest BCUT2D eigenvalue weighted by molar-refractivity contribution is 6.00. The minimum atomic E-state index is -0.0427. The lowest BCUT2D eigenvalue weighted by molar-refractivity contribution is -0.134. The second-order valence-corrected chi connectivity index (χ2v) is 8.62. The number of ketones is 1. The van der Waals surface area contributed by atoms with E-state index in [0.717, 1.165) is 29.4 Å². The number of rotatable bonds is 6. The van der Waals surface area contributed by atoms with Crippen molar-refractivity contribution in [3.63, 3.8) is 0 Å². The molecule has 0 saturated carbocycles. The maximum absolute atomic E-state index is 12.8. The summed E-state index contributed by atoms with van der Waals surface area (Å²) in [4.78, 5) is 38.6. The molecule has 1 atom stereocenters. The molecule has 1 aliphatic rings. The summed E-state index contributed by atoms with van der Waals surface area (Å²) in [6.07, 6.45) is 6.82. The number of nitrogen functional groups attached to an aromatic ring is 1. The number of H-pyrrole nitrogens is 1. The van der Waals surface area contributed by atoms with Gasteiger partial charge in [0.2, 0.25) is 5.91 Å². The van der Waals surface area contributed by atoms with Gasteiger partial charge in [-0.25, -0.2) is 14.6 Å². The average molecular weight is 458 g/mol. The molecule has 1 amide bonds. The van der Waals surface area contributed by atoms with Crippen molar-refractivity contribution < 1.29 is 9.59 Å². The van der Waals surface area contributed by atoms with E-state index in [1.165, 1.54) is 12.4 Å². The maximum atomic E-state index is 12.8. The zero-order valence-corrected chi connectivity index (χ0v) is 19.1. The van der Waals surface area contributed by atoms with Gasteiger partial charge in [0.1, 0.15) is 17.8 Å². The summed E-state index contributed by atoms with van der Waals surface area (Å²) in [6, 6.07) is 10.0. The van der Waals surface area contributed by atoms with Crippen LogP contribution >= 0.6 is 0 Å². The largest absolute Gasteiger partial charge is 0.383 e. The van der Waals surface area contributed by atoms with Gasteiger partial charge in [0.25, 0.3) is 0 Å². The molecule has 174 valence electrons. The van der Waals surface area contributed by atoms with E-state index in [0.29, 0.717) is 35.6 Å². The standard InChI is InChI=1S/C25H27N7O2/c1-2-6-18(33)10-11-21(34)31-12-5-8-17(14-31)32-25-22(24(26)27-15-28-25)23(30-32)20-13-16-7-3-4-9-19(16)29-20/h2-4,6-7,9,13,15,17,29H,5,8,10-12,14H2,1H3,(H2,26,27,28)/b6-2+/t17-/m1/s1. The highest BCUT2D eigenvalue weighted by Gasteiger charge is 2.29. The number of nitrogens with one attached hydrogen (secondary N) is 1. The number of aromatic nitrogens is 5. The number of anilines is 1. The highest BCUT2D eigenvalue weighted by atomic mass is 16.2. The molecule has 4 aromatic rings. The molecule has 3 aromatic heterocycles. The Hall–Kier alpha value is -4.01. The van der Waals surface area contributed by atoms with Crippen LogP contribution < -0.4 is 5.73 Å². The highest BCUT2D eigenvalue weighted by Crippen LogP contribution is 2.34. The number of carbonyl (C=O) groups is 2. The number of piperidine rings is 1. The van der Waals surface area contributed by atoms with Crippen molar-refractivity contribution in [3.8, 4) is 11.4 Å². The SMILES string of the molecule is C/C=C/C(=O)CCC(=O)N1CCC[C@@H](n2nc(-c3cc4ccccc4[nH]3)c3c(N)ncnc32)C1. The Morgan fingerprint density at radius 3 is 2.91 bits per heavy atom. The lowest BCUT2D eigenvalue weighted by Gasteiger charge is -2.33. The number of aromatic amines is 1. The van der Waals surface area contributed by atoms with Crippen LogP contribution in [0.1, 0.15) is 38.6 Å². The third-order valence-corrected chi connectivity index (χ3v) is 6.34. The molecular weight excluding hydrogens is 430 g/mol. The summed E-state index contributed by atoms with van der Waals surface area (Å²) >= 11 is 0. The van der Waals surface area contributed by atoms with Gasteiger partial charge < -0.3 is 15.6 Å². The predicted octanol–water partition coefficient (Wildman–Crippen LogP) is 3.65. The van der Waals surface area contributed by atoms with E-state index in [-0.39, 0.29) is 30.6 Å². The quantitative estimate of drug-likeness (QED) is 0.426. The van der Waals surface area contributed by atoms with Gasteiger partial charge in [-0.2, -0.15) is 5.10 Å². The summed E-state index contributed by atoms with van der Waals surface area (Å²) in [7, 11) is 0. The van der Waals surface area contributed by atoms with Crippen molar-refractivity contribution in [1.82, 2.24) is 29.6 Å². The van der Waals surface area contributed by atoms with Gasteiger partial charge in [-0.05, 0) is 38.0 Å². The summed E-state index contributed by atoms with van der Waals surface area (Å²) in [6.45, 7) is 2.99. The summed E-state index contributed by atoms with van der Waals surface area (Å²) in [5.41, 5.74) is 9.49. The molecule has 1 saturated heterocycles. The molecule has 5 rings (SSSR count). The molecule has 9 heteroatoms. The molecule has 1 aromatic carbocycles. The molecular formula is C25H27N7O2. The van der Waals surface area contributed by atoms with E-state index >= 15 is 0 Å². The third-order valence-electron chi connectivity index (χ3n) is 6.34. The van der Waals surface area contributed by atoms with Gasteiger partial charge in [0.05, 0.1) is 17.1 Å². The summed E-state index contributed by atoms with van der Waals surface area (Å²) in [5, 5.41) is 6.72. The van der Waals surface area contributed by atoms with E-state index in [1.807, 2.05) is 39.9 Å². The first-order chi connectivity index (χ1) is 16.5. The van der Waals surface area contributed by atoms with Gasteiger partial charge >= 0.3 is 0 Å². The Bertz CT molecular complexity index is 1370. The van der Waals surface area contributed by atoms with Gasteiger partial charge in [0, 0.05) is 36.8 Å². The lowest BCUT2D eigenvalue weighted by atomic mass is 10.0. The molecule has 0 unspecified atom stereocenters. The molecule has 0 aliphatic carbocycles. The van der Waals surface area contributed by atoms with Crippen LogP contribution in [0.3, 0.4) is 0 Å². The molecule has 0 radical (unpaired) electrons. The normalized spacial score (nSPS) is 16.6. The summed E-state index contributed by atoms with van der Waals surface area (Å²) < 4.78 is 1.89. The number of allylic oxidation sites excluding steroid dienone is 2. The monoisotopic (exact) mass is 457 g/mol. The topological polar surface area (TPSA) is 123 Å². The number of nitrogens with zero attached hydrogens (tertiary/aromatic N) is 5. The number of likely N-dealkylation sites (tertiary alicyclic amines) is 1. The Labute approximate surface area is 196 Å². The molecule has 0 bridgehead atoms. The zero-order chi connectivity index (χ0) is 23.7. The predicted molar refractivity (Wildman–Crippen MR) is 131 cm³/mol. The first-order valence-electron chi connectivity index (χ1n) is 11.5. The maximum Gasteiger partial charge on any atom is 0.223 e. The van der Waals surface area contributed by atoms with Gasteiger partial charge in [0.15, 0.2) is 11.4 Å². The van der Waals surface area contributed by atoms with Crippen LogP contribution in [0.15, 0.2) is 48.8 Å². The fourth-order valence-corrected chi connectivity index (χ4v) is 4.68. The minimum absolute atomic E-state index is 0.0102.